The van der Waals surface area contributed by atoms with Crippen LogP contribution >= 0.6 is 0 Å². The van der Waals surface area contributed by atoms with Gasteiger partial charge in [0.05, 0.1) is 12.2 Å². The zero-order valence-corrected chi connectivity index (χ0v) is 8.38. The van der Waals surface area contributed by atoms with Gasteiger partial charge < -0.3 is 14.6 Å². The molecule has 1 aliphatic rings. The lowest BCUT2D eigenvalue weighted by molar-refractivity contribution is -0.170. The van der Waals surface area contributed by atoms with Crippen LogP contribution in [0.2, 0.25) is 0 Å². The molecule has 1 aromatic carbocycles. The SMILES string of the molecule is O=C1COCC(c2ccccc2C(=O)O)O1. The second-order valence-corrected chi connectivity index (χ2v) is 3.39. The van der Waals surface area contributed by atoms with Crippen LogP contribution in [-0.4, -0.2) is 30.3 Å². The molecule has 1 fully saturated rings. The molecule has 0 bridgehead atoms. The van der Waals surface area contributed by atoms with Gasteiger partial charge in [-0.05, 0) is 6.07 Å². The smallest absolute Gasteiger partial charge is 0.336 e. The summed E-state index contributed by atoms with van der Waals surface area (Å²) in [4.78, 5) is 22.0. The number of cyclic esters (lactones) is 1. The average molecular weight is 222 g/mol. The normalized spacial score (nSPS) is 20.2. The summed E-state index contributed by atoms with van der Waals surface area (Å²) in [5, 5.41) is 8.98. The molecule has 0 spiro atoms. The number of aromatic carboxylic acids is 1. The summed E-state index contributed by atoms with van der Waals surface area (Å²) in [5.41, 5.74) is 0.592. The zero-order chi connectivity index (χ0) is 11.5. The minimum Gasteiger partial charge on any atom is -0.478 e. The Labute approximate surface area is 91.6 Å². The molecule has 0 saturated carbocycles. The van der Waals surface area contributed by atoms with E-state index in [-0.39, 0.29) is 18.8 Å². The highest BCUT2D eigenvalue weighted by Gasteiger charge is 2.26. The number of hydrogen-bond donors (Lipinski definition) is 1. The largest absolute Gasteiger partial charge is 0.478 e. The van der Waals surface area contributed by atoms with Gasteiger partial charge in [0.1, 0.15) is 6.61 Å². The molecular formula is C11H10O5. The third-order valence-corrected chi connectivity index (χ3v) is 2.30. The van der Waals surface area contributed by atoms with Gasteiger partial charge in [-0.1, -0.05) is 18.2 Å². The van der Waals surface area contributed by atoms with Crippen molar-refractivity contribution < 1.29 is 24.2 Å². The molecule has 5 heteroatoms. The molecule has 1 aliphatic heterocycles. The fraction of sp³-hybridized carbons (Fsp3) is 0.273. The van der Waals surface area contributed by atoms with Gasteiger partial charge in [-0.2, -0.15) is 0 Å². The van der Waals surface area contributed by atoms with E-state index in [0.717, 1.165) is 0 Å². The van der Waals surface area contributed by atoms with Crippen molar-refractivity contribution in [3.8, 4) is 0 Å². The van der Waals surface area contributed by atoms with Crippen LogP contribution in [-0.2, 0) is 14.3 Å². The van der Waals surface area contributed by atoms with Crippen LogP contribution in [0.4, 0.5) is 0 Å². The molecule has 1 saturated heterocycles. The van der Waals surface area contributed by atoms with E-state index in [2.05, 4.69) is 0 Å². The summed E-state index contributed by atoms with van der Waals surface area (Å²) in [7, 11) is 0. The molecule has 84 valence electrons. The molecule has 1 atom stereocenters. The first-order chi connectivity index (χ1) is 7.68. The van der Waals surface area contributed by atoms with Gasteiger partial charge in [-0.15, -0.1) is 0 Å². The minimum atomic E-state index is -1.04. The molecule has 0 aromatic heterocycles. The lowest BCUT2D eigenvalue weighted by atomic mass is 10.0. The number of benzene rings is 1. The van der Waals surface area contributed by atoms with E-state index in [1.165, 1.54) is 6.07 Å². The van der Waals surface area contributed by atoms with Crippen LogP contribution in [0.3, 0.4) is 0 Å². The summed E-state index contributed by atoms with van der Waals surface area (Å²) in [6.45, 7) is 0.113. The predicted molar refractivity (Wildman–Crippen MR) is 53.1 cm³/mol. The summed E-state index contributed by atoms with van der Waals surface area (Å²) in [6, 6.07) is 6.42. The number of carboxylic acids is 1. The number of carboxylic acid groups (broad SMARTS) is 1. The number of rotatable bonds is 2. The van der Waals surface area contributed by atoms with E-state index in [9.17, 15) is 9.59 Å². The summed E-state index contributed by atoms with van der Waals surface area (Å²) < 4.78 is 10.1. The number of carbonyl (C=O) groups excluding carboxylic acids is 1. The molecule has 1 N–H and O–H groups in total. The van der Waals surface area contributed by atoms with Crippen molar-refractivity contribution in [3.05, 3.63) is 35.4 Å². The molecule has 5 nitrogen and oxygen atoms in total. The van der Waals surface area contributed by atoms with Gasteiger partial charge in [-0.3, -0.25) is 0 Å². The molecule has 1 aromatic rings. The molecule has 0 aliphatic carbocycles. The predicted octanol–water partition coefficient (Wildman–Crippen LogP) is 0.999. The molecular weight excluding hydrogens is 212 g/mol. The van der Waals surface area contributed by atoms with E-state index in [1.807, 2.05) is 0 Å². The number of ether oxygens (including phenoxy) is 2. The van der Waals surface area contributed by atoms with Gasteiger partial charge in [0.25, 0.3) is 0 Å². The van der Waals surface area contributed by atoms with E-state index in [0.29, 0.717) is 5.56 Å². The fourth-order valence-electron chi connectivity index (χ4n) is 1.60. The Morgan fingerprint density at radius 3 is 2.81 bits per heavy atom. The molecule has 0 radical (unpaired) electrons. The van der Waals surface area contributed by atoms with E-state index in [4.69, 9.17) is 14.6 Å². The van der Waals surface area contributed by atoms with Crippen molar-refractivity contribution in [3.63, 3.8) is 0 Å². The van der Waals surface area contributed by atoms with Crippen molar-refractivity contribution in [2.75, 3.05) is 13.2 Å². The van der Waals surface area contributed by atoms with Crippen molar-refractivity contribution in [2.24, 2.45) is 0 Å². The van der Waals surface area contributed by atoms with Gasteiger partial charge in [0, 0.05) is 5.56 Å². The maximum atomic E-state index is 11.0. The lowest BCUT2D eigenvalue weighted by Gasteiger charge is -2.23. The first kappa shape index (κ1) is 10.6. The van der Waals surface area contributed by atoms with Crippen LogP contribution in [0.1, 0.15) is 22.0 Å². The van der Waals surface area contributed by atoms with E-state index < -0.39 is 18.0 Å². The molecule has 0 amide bonds. The molecule has 1 unspecified atom stereocenters. The van der Waals surface area contributed by atoms with Crippen LogP contribution in [0, 0.1) is 0 Å². The van der Waals surface area contributed by atoms with Gasteiger partial charge in [0.15, 0.2) is 6.10 Å². The first-order valence-corrected chi connectivity index (χ1v) is 4.78. The van der Waals surface area contributed by atoms with Crippen molar-refractivity contribution >= 4 is 11.9 Å². The van der Waals surface area contributed by atoms with Crippen molar-refractivity contribution in [1.82, 2.24) is 0 Å². The monoisotopic (exact) mass is 222 g/mol. The third-order valence-electron chi connectivity index (χ3n) is 2.30. The zero-order valence-electron chi connectivity index (χ0n) is 8.38. The van der Waals surface area contributed by atoms with Crippen LogP contribution in [0.5, 0.6) is 0 Å². The maximum Gasteiger partial charge on any atom is 0.336 e. The average Bonchev–Trinajstić information content (AvgIpc) is 2.29. The van der Waals surface area contributed by atoms with E-state index >= 15 is 0 Å². The Bertz CT molecular complexity index is 426. The Kier molecular flexibility index (Phi) is 2.87. The van der Waals surface area contributed by atoms with Crippen molar-refractivity contribution in [2.45, 2.75) is 6.10 Å². The highest BCUT2D eigenvalue weighted by Crippen LogP contribution is 2.24. The standard InChI is InChI=1S/C11H10O5/c12-10-6-15-5-9(16-10)7-3-1-2-4-8(7)11(13)14/h1-4,9H,5-6H2,(H,13,14). The second-order valence-electron chi connectivity index (χ2n) is 3.39. The van der Waals surface area contributed by atoms with Crippen LogP contribution in [0.15, 0.2) is 24.3 Å². The highest BCUT2D eigenvalue weighted by atomic mass is 16.6. The molecule has 16 heavy (non-hydrogen) atoms. The molecule has 1 heterocycles. The summed E-state index contributed by atoms with van der Waals surface area (Å²) >= 11 is 0. The highest BCUT2D eigenvalue weighted by molar-refractivity contribution is 5.89. The van der Waals surface area contributed by atoms with Crippen LogP contribution < -0.4 is 0 Å². The summed E-state index contributed by atoms with van der Waals surface area (Å²) in [5.74, 6) is -1.52. The number of carbonyl (C=O) groups is 2. The third kappa shape index (κ3) is 2.04. The minimum absolute atomic E-state index is 0.0776. The lowest BCUT2D eigenvalue weighted by Crippen LogP contribution is -2.28. The number of esters is 1. The molecule has 2 rings (SSSR count). The Morgan fingerprint density at radius 2 is 2.12 bits per heavy atom. The fourth-order valence-corrected chi connectivity index (χ4v) is 1.60. The quantitative estimate of drug-likeness (QED) is 0.755. The number of hydrogen-bond acceptors (Lipinski definition) is 4. The van der Waals surface area contributed by atoms with Gasteiger partial charge >= 0.3 is 11.9 Å². The van der Waals surface area contributed by atoms with Crippen molar-refractivity contribution in [1.29, 1.82) is 0 Å². The topological polar surface area (TPSA) is 72.8 Å². The Morgan fingerprint density at radius 1 is 1.38 bits per heavy atom. The second kappa shape index (κ2) is 4.32. The van der Waals surface area contributed by atoms with Gasteiger partial charge in [0.2, 0.25) is 0 Å². The Balaban J connectivity index is 2.32. The summed E-state index contributed by atoms with van der Waals surface area (Å²) in [6.07, 6.45) is -0.631. The van der Waals surface area contributed by atoms with Gasteiger partial charge in [-0.25, -0.2) is 9.59 Å². The van der Waals surface area contributed by atoms with Crippen LogP contribution in [0.25, 0.3) is 0 Å². The first-order valence-electron chi connectivity index (χ1n) is 4.78. The Hall–Kier alpha value is -1.88. The maximum absolute atomic E-state index is 11.0. The van der Waals surface area contributed by atoms with E-state index in [1.54, 1.807) is 18.2 Å².